The summed E-state index contributed by atoms with van der Waals surface area (Å²) in [5.41, 5.74) is 3.16. The molecule has 0 spiro atoms. The summed E-state index contributed by atoms with van der Waals surface area (Å²) in [5.74, 6) is -1.72. The van der Waals surface area contributed by atoms with Crippen molar-refractivity contribution in [2.75, 3.05) is 6.61 Å². The number of hydrogen-bond acceptors (Lipinski definition) is 7. The van der Waals surface area contributed by atoms with Gasteiger partial charge in [0, 0.05) is 40.0 Å². The highest BCUT2D eigenvalue weighted by Crippen LogP contribution is 2.29. The highest BCUT2D eigenvalue weighted by atomic mass is 16.5. The Morgan fingerprint density at radius 1 is 1.12 bits per heavy atom. The van der Waals surface area contributed by atoms with E-state index in [1.165, 1.54) is 12.1 Å². The van der Waals surface area contributed by atoms with Crippen molar-refractivity contribution >= 4 is 33.7 Å². The third kappa shape index (κ3) is 4.32. The average molecular weight is 463 g/mol. The van der Waals surface area contributed by atoms with E-state index in [0.29, 0.717) is 33.4 Å². The summed E-state index contributed by atoms with van der Waals surface area (Å²) in [5, 5.41) is 25.2. The number of ether oxygens (including phenoxy) is 1. The number of rotatable bonds is 7. The van der Waals surface area contributed by atoms with Gasteiger partial charge < -0.3 is 34.5 Å². The molecule has 1 atom stereocenters. The van der Waals surface area contributed by atoms with E-state index in [-0.39, 0.29) is 12.2 Å². The van der Waals surface area contributed by atoms with Crippen LogP contribution in [0.3, 0.4) is 0 Å². The Morgan fingerprint density at radius 3 is 2.62 bits per heavy atom. The zero-order valence-corrected chi connectivity index (χ0v) is 18.9. The number of carboxylic acid groups (broad SMARTS) is 1. The topological polar surface area (TPSA) is 145 Å². The Kier molecular flexibility index (Phi) is 6.02. The molecule has 0 aliphatic carbocycles. The molecule has 9 nitrogen and oxygen atoms in total. The van der Waals surface area contributed by atoms with Gasteiger partial charge in [0.05, 0.1) is 12.0 Å². The first-order valence-electron chi connectivity index (χ1n) is 10.6. The lowest BCUT2D eigenvalue weighted by Gasteiger charge is -2.20. The van der Waals surface area contributed by atoms with E-state index >= 15 is 0 Å². The third-order valence-electron chi connectivity index (χ3n) is 5.98. The summed E-state index contributed by atoms with van der Waals surface area (Å²) in [6.45, 7) is 4.79. The van der Waals surface area contributed by atoms with Crippen LogP contribution in [0.1, 0.15) is 22.3 Å². The summed E-state index contributed by atoms with van der Waals surface area (Å²) in [6, 6.07) is 6.82. The summed E-state index contributed by atoms with van der Waals surface area (Å²) in [4.78, 5) is 39.2. The van der Waals surface area contributed by atoms with Gasteiger partial charge in [-0.1, -0.05) is 0 Å². The molecule has 9 heteroatoms. The first kappa shape index (κ1) is 22.9. The van der Waals surface area contributed by atoms with E-state index in [1.54, 1.807) is 38.2 Å². The van der Waals surface area contributed by atoms with Crippen LogP contribution in [0.25, 0.3) is 21.9 Å². The molecular formula is C25H23N2O7-. The minimum Gasteiger partial charge on any atom is -0.548 e. The number of amides is 1. The van der Waals surface area contributed by atoms with Crippen LogP contribution >= 0.6 is 0 Å². The van der Waals surface area contributed by atoms with Gasteiger partial charge >= 0.3 is 5.63 Å². The molecule has 0 aliphatic rings. The highest BCUT2D eigenvalue weighted by Gasteiger charge is 2.18. The SMILES string of the molecule is Cc1c(C)c2ccc(OCC(=O)N[C@@H](Cc3c[nH]c4ccc(O)cc34)C(=O)[O-])c(C)c2oc1=O. The van der Waals surface area contributed by atoms with Crippen LogP contribution in [0.2, 0.25) is 0 Å². The fourth-order valence-corrected chi connectivity index (χ4v) is 3.91. The van der Waals surface area contributed by atoms with Crippen molar-refractivity contribution in [1.82, 2.24) is 10.3 Å². The van der Waals surface area contributed by atoms with Crippen LogP contribution in [0.15, 0.2) is 45.7 Å². The zero-order chi connectivity index (χ0) is 24.6. The smallest absolute Gasteiger partial charge is 0.339 e. The fourth-order valence-electron chi connectivity index (χ4n) is 3.91. The lowest BCUT2D eigenvalue weighted by molar-refractivity contribution is -0.308. The van der Waals surface area contributed by atoms with Crippen molar-refractivity contribution in [3.05, 3.63) is 69.2 Å². The lowest BCUT2D eigenvalue weighted by Crippen LogP contribution is -2.50. The van der Waals surface area contributed by atoms with E-state index in [0.717, 1.165) is 16.5 Å². The molecule has 0 bridgehead atoms. The maximum atomic E-state index is 12.5. The van der Waals surface area contributed by atoms with Gasteiger partial charge in [-0.3, -0.25) is 4.79 Å². The summed E-state index contributed by atoms with van der Waals surface area (Å²) < 4.78 is 11.0. The minimum absolute atomic E-state index is 0.0442. The maximum absolute atomic E-state index is 12.5. The third-order valence-corrected chi connectivity index (χ3v) is 5.98. The number of aromatic amines is 1. The Hall–Kier alpha value is -4.27. The van der Waals surface area contributed by atoms with Crippen molar-refractivity contribution in [2.24, 2.45) is 0 Å². The molecule has 0 saturated heterocycles. The number of nitrogens with one attached hydrogen (secondary N) is 2. The first-order valence-corrected chi connectivity index (χ1v) is 10.6. The van der Waals surface area contributed by atoms with Crippen molar-refractivity contribution in [3.8, 4) is 11.5 Å². The van der Waals surface area contributed by atoms with Crippen LogP contribution < -0.4 is 20.8 Å². The van der Waals surface area contributed by atoms with Crippen molar-refractivity contribution in [3.63, 3.8) is 0 Å². The van der Waals surface area contributed by atoms with Gasteiger partial charge in [0.25, 0.3) is 5.91 Å². The summed E-state index contributed by atoms with van der Waals surface area (Å²) in [6.07, 6.45) is 1.58. The predicted molar refractivity (Wildman–Crippen MR) is 123 cm³/mol. The molecule has 0 unspecified atom stereocenters. The van der Waals surface area contributed by atoms with Gasteiger partial charge in [0.15, 0.2) is 6.61 Å². The molecule has 0 radical (unpaired) electrons. The van der Waals surface area contributed by atoms with Crippen LogP contribution in [-0.4, -0.2) is 34.6 Å². The average Bonchev–Trinajstić information content (AvgIpc) is 3.18. The number of fused-ring (bicyclic) bond motifs is 2. The Labute approximate surface area is 194 Å². The number of aliphatic carboxylic acids is 1. The lowest BCUT2D eigenvalue weighted by atomic mass is 10.0. The number of aromatic nitrogens is 1. The largest absolute Gasteiger partial charge is 0.548 e. The van der Waals surface area contributed by atoms with Gasteiger partial charge in [-0.15, -0.1) is 0 Å². The van der Waals surface area contributed by atoms with Crippen LogP contribution in [0.5, 0.6) is 11.5 Å². The van der Waals surface area contributed by atoms with Gasteiger partial charge in [0.1, 0.15) is 17.1 Å². The van der Waals surface area contributed by atoms with Crippen molar-refractivity contribution in [2.45, 2.75) is 33.2 Å². The number of H-pyrrole nitrogens is 1. The second kappa shape index (κ2) is 8.93. The fraction of sp³-hybridized carbons (Fsp3) is 0.240. The predicted octanol–water partition coefficient (Wildman–Crippen LogP) is 1.76. The molecule has 0 saturated carbocycles. The highest BCUT2D eigenvalue weighted by molar-refractivity contribution is 5.88. The second-order valence-corrected chi connectivity index (χ2v) is 8.18. The molecule has 176 valence electrons. The maximum Gasteiger partial charge on any atom is 0.339 e. The first-order chi connectivity index (χ1) is 16.2. The number of carboxylic acids is 1. The number of hydrogen-bond donors (Lipinski definition) is 3. The summed E-state index contributed by atoms with van der Waals surface area (Å²) >= 11 is 0. The van der Waals surface area contributed by atoms with Gasteiger partial charge in [-0.25, -0.2) is 4.79 Å². The number of benzene rings is 2. The summed E-state index contributed by atoms with van der Waals surface area (Å²) in [7, 11) is 0. The van der Waals surface area contributed by atoms with Gasteiger partial charge in [-0.05, 0) is 62.2 Å². The number of carbonyl (C=O) groups excluding carboxylic acids is 2. The molecule has 2 aromatic carbocycles. The van der Waals surface area contributed by atoms with Crippen molar-refractivity contribution in [1.29, 1.82) is 0 Å². The molecule has 34 heavy (non-hydrogen) atoms. The Balaban J connectivity index is 1.47. The molecule has 0 fully saturated rings. The number of phenolic OH excluding ortho intramolecular Hbond substituents is 1. The zero-order valence-electron chi connectivity index (χ0n) is 18.9. The molecule has 3 N–H and O–H groups in total. The van der Waals surface area contributed by atoms with E-state index in [4.69, 9.17) is 9.15 Å². The monoisotopic (exact) mass is 463 g/mol. The van der Waals surface area contributed by atoms with E-state index in [9.17, 15) is 24.6 Å². The van der Waals surface area contributed by atoms with E-state index in [2.05, 4.69) is 10.3 Å². The minimum atomic E-state index is -1.45. The molecular weight excluding hydrogens is 440 g/mol. The van der Waals surface area contributed by atoms with Crippen LogP contribution in [0, 0.1) is 20.8 Å². The van der Waals surface area contributed by atoms with Gasteiger partial charge in [-0.2, -0.15) is 0 Å². The van der Waals surface area contributed by atoms with Crippen LogP contribution in [-0.2, 0) is 16.0 Å². The number of aromatic hydroxyl groups is 1. The van der Waals surface area contributed by atoms with Crippen molar-refractivity contribution < 1.29 is 29.0 Å². The second-order valence-electron chi connectivity index (χ2n) is 8.18. The molecule has 1 amide bonds. The van der Waals surface area contributed by atoms with E-state index in [1.807, 2.05) is 6.92 Å². The molecule has 4 rings (SSSR count). The van der Waals surface area contributed by atoms with Gasteiger partial charge in [0.2, 0.25) is 0 Å². The Bertz CT molecular complexity index is 1480. The van der Waals surface area contributed by atoms with Crippen LogP contribution in [0.4, 0.5) is 0 Å². The number of aryl methyl sites for hydroxylation is 2. The number of phenols is 1. The molecule has 0 aliphatic heterocycles. The quantitative estimate of drug-likeness (QED) is 0.354. The Morgan fingerprint density at radius 2 is 1.88 bits per heavy atom. The molecule has 2 aromatic heterocycles. The molecule has 4 aromatic rings. The molecule has 2 heterocycles. The standard InChI is InChI=1S/C25H24N2O7/c1-12-13(2)25(32)34-23-14(3)21(7-5-17(12)23)33-11-22(29)27-20(24(30)31)8-15-10-26-19-6-4-16(28)9-18(15)19/h4-7,9-10,20,26,28H,8,11H2,1-3H3,(H,27,29)(H,30,31)/p-1/t20-/m0/s1. The number of carbonyl (C=O) groups is 2. The normalized spacial score (nSPS) is 12.1. The van der Waals surface area contributed by atoms with E-state index < -0.39 is 30.2 Å².